The number of unbranched alkanes of at least 4 members (excludes halogenated alkanes) is 1. The molecule has 1 heterocycles. The number of aliphatic carboxylic acids is 1. The lowest BCUT2D eigenvalue weighted by Gasteiger charge is -2.39. The zero-order valence-electron chi connectivity index (χ0n) is 21.2. The summed E-state index contributed by atoms with van der Waals surface area (Å²) in [7, 11) is 0. The molecule has 1 saturated heterocycles. The molecule has 35 heavy (non-hydrogen) atoms. The van der Waals surface area contributed by atoms with Gasteiger partial charge in [0.15, 0.2) is 11.9 Å². The molecule has 0 bridgehead atoms. The van der Waals surface area contributed by atoms with Gasteiger partial charge >= 0.3 is 12.1 Å². The molecule has 0 amide bonds. The zero-order chi connectivity index (χ0) is 25.9. The Hall–Kier alpha value is -1.54. The highest BCUT2D eigenvalue weighted by atomic mass is 19.4. The molecule has 2 unspecified atom stereocenters. The standard InChI is InChI=1S/C27H43F3O5/c1-3-5-7-15-22(26(33,25(31)32)20-13-8-9-14-20)23(35-24-16-10-11-19-34-24)18-17-21(12-6-4-2)27(28,29)30/h5,7,18,20-22,24,33H,3-4,6,8-17,19H2,1-2H3,(H,31,32)/t21?,22-,24?,26-/m0/s1. The molecule has 0 radical (unpaired) electrons. The van der Waals surface area contributed by atoms with E-state index in [-0.39, 0.29) is 25.0 Å². The van der Waals surface area contributed by atoms with Crippen LogP contribution in [0, 0.1) is 17.8 Å². The Bertz CT molecular complexity index is 693. The average molecular weight is 505 g/mol. The van der Waals surface area contributed by atoms with Crippen LogP contribution in [0.25, 0.3) is 0 Å². The normalized spacial score (nSPS) is 23.8. The summed E-state index contributed by atoms with van der Waals surface area (Å²) in [5.41, 5.74) is -2.13. The molecule has 8 heteroatoms. The monoisotopic (exact) mass is 504 g/mol. The summed E-state index contributed by atoms with van der Waals surface area (Å²) in [6, 6.07) is 0. The van der Waals surface area contributed by atoms with Gasteiger partial charge in [0.05, 0.1) is 18.4 Å². The maximum atomic E-state index is 13.8. The molecule has 1 aliphatic carbocycles. The van der Waals surface area contributed by atoms with Crippen LogP contribution in [0.4, 0.5) is 13.2 Å². The summed E-state index contributed by atoms with van der Waals surface area (Å²) in [5, 5.41) is 21.9. The lowest BCUT2D eigenvalue weighted by Crippen LogP contribution is -2.52. The van der Waals surface area contributed by atoms with Gasteiger partial charge in [-0.25, -0.2) is 4.79 Å². The number of halogens is 3. The molecule has 202 valence electrons. The Morgan fingerprint density at radius 1 is 1.09 bits per heavy atom. The Morgan fingerprint density at radius 2 is 1.77 bits per heavy atom. The van der Waals surface area contributed by atoms with E-state index in [9.17, 15) is 28.2 Å². The van der Waals surface area contributed by atoms with Crippen molar-refractivity contribution in [2.24, 2.45) is 17.8 Å². The zero-order valence-corrected chi connectivity index (χ0v) is 21.2. The van der Waals surface area contributed by atoms with Crippen LogP contribution in [-0.4, -0.2) is 40.9 Å². The second-order valence-corrected chi connectivity index (χ2v) is 9.92. The molecule has 0 aromatic carbocycles. The van der Waals surface area contributed by atoms with Crippen molar-refractivity contribution in [2.75, 3.05) is 6.61 Å². The van der Waals surface area contributed by atoms with Crippen molar-refractivity contribution in [3.8, 4) is 0 Å². The predicted molar refractivity (Wildman–Crippen MR) is 129 cm³/mol. The second-order valence-electron chi connectivity index (χ2n) is 9.92. The van der Waals surface area contributed by atoms with Gasteiger partial charge < -0.3 is 19.7 Å². The number of carbonyl (C=O) groups is 1. The van der Waals surface area contributed by atoms with E-state index in [1.807, 2.05) is 19.9 Å². The van der Waals surface area contributed by atoms with Gasteiger partial charge in [-0.05, 0) is 63.4 Å². The molecule has 0 spiro atoms. The highest BCUT2D eigenvalue weighted by Crippen LogP contribution is 2.44. The van der Waals surface area contributed by atoms with Crippen molar-refractivity contribution in [2.45, 2.75) is 115 Å². The summed E-state index contributed by atoms with van der Waals surface area (Å²) in [6.07, 6.45) is 6.74. The van der Waals surface area contributed by atoms with E-state index in [0.717, 1.165) is 32.1 Å². The van der Waals surface area contributed by atoms with Crippen LogP contribution in [0.1, 0.15) is 97.3 Å². The fourth-order valence-corrected chi connectivity index (χ4v) is 5.24. The average Bonchev–Trinajstić information content (AvgIpc) is 3.36. The summed E-state index contributed by atoms with van der Waals surface area (Å²) < 4.78 is 53.1. The number of alkyl halides is 3. The van der Waals surface area contributed by atoms with Gasteiger partial charge in [-0.1, -0.05) is 51.7 Å². The van der Waals surface area contributed by atoms with Crippen molar-refractivity contribution < 1.29 is 37.7 Å². The van der Waals surface area contributed by atoms with Gasteiger partial charge in [-0.15, -0.1) is 0 Å². The summed E-state index contributed by atoms with van der Waals surface area (Å²) in [6.45, 7) is 4.27. The molecule has 4 atom stereocenters. The number of ether oxygens (including phenoxy) is 2. The molecule has 2 fully saturated rings. The quantitative estimate of drug-likeness (QED) is 0.194. The Labute approximate surface area is 207 Å². The van der Waals surface area contributed by atoms with Crippen molar-refractivity contribution in [1.82, 2.24) is 0 Å². The maximum Gasteiger partial charge on any atom is 0.392 e. The van der Waals surface area contributed by atoms with Gasteiger partial charge in [0.2, 0.25) is 0 Å². The molecular formula is C27H43F3O5. The van der Waals surface area contributed by atoms with E-state index in [4.69, 9.17) is 9.47 Å². The maximum absolute atomic E-state index is 13.8. The Kier molecular flexibility index (Phi) is 12.1. The van der Waals surface area contributed by atoms with E-state index >= 15 is 0 Å². The lowest BCUT2D eigenvalue weighted by molar-refractivity contribution is -0.184. The van der Waals surface area contributed by atoms with Gasteiger partial charge in [-0.3, -0.25) is 0 Å². The van der Waals surface area contributed by atoms with E-state index in [2.05, 4.69) is 0 Å². The Balaban J connectivity index is 2.48. The van der Waals surface area contributed by atoms with Crippen molar-refractivity contribution >= 4 is 5.97 Å². The van der Waals surface area contributed by atoms with Gasteiger partial charge in [0.25, 0.3) is 0 Å². The number of carboxylic acid groups (broad SMARTS) is 1. The first-order chi connectivity index (χ1) is 16.6. The molecule has 1 saturated carbocycles. The summed E-state index contributed by atoms with van der Waals surface area (Å²) in [4.78, 5) is 12.5. The van der Waals surface area contributed by atoms with Crippen LogP contribution in [0.3, 0.4) is 0 Å². The third-order valence-corrected chi connectivity index (χ3v) is 7.35. The van der Waals surface area contributed by atoms with Crippen LogP contribution >= 0.6 is 0 Å². The van der Waals surface area contributed by atoms with Crippen LogP contribution in [0.2, 0.25) is 0 Å². The van der Waals surface area contributed by atoms with Crippen LogP contribution in [0.5, 0.6) is 0 Å². The fourth-order valence-electron chi connectivity index (χ4n) is 5.24. The van der Waals surface area contributed by atoms with Crippen molar-refractivity contribution in [3.63, 3.8) is 0 Å². The molecule has 2 rings (SSSR count). The van der Waals surface area contributed by atoms with Gasteiger partial charge in [0.1, 0.15) is 5.76 Å². The van der Waals surface area contributed by atoms with Crippen molar-refractivity contribution in [3.05, 3.63) is 24.0 Å². The number of aliphatic hydroxyl groups is 1. The number of hydrogen-bond donors (Lipinski definition) is 2. The number of rotatable bonds is 14. The highest BCUT2D eigenvalue weighted by Gasteiger charge is 2.53. The fraction of sp³-hybridized carbons (Fsp3) is 0.815. The lowest BCUT2D eigenvalue weighted by atomic mass is 9.73. The van der Waals surface area contributed by atoms with E-state index in [1.54, 1.807) is 6.08 Å². The predicted octanol–water partition coefficient (Wildman–Crippen LogP) is 7.15. The van der Waals surface area contributed by atoms with E-state index in [0.29, 0.717) is 38.7 Å². The topological polar surface area (TPSA) is 76.0 Å². The minimum Gasteiger partial charge on any atom is -0.479 e. The highest BCUT2D eigenvalue weighted by molar-refractivity contribution is 5.78. The van der Waals surface area contributed by atoms with E-state index in [1.165, 1.54) is 6.08 Å². The van der Waals surface area contributed by atoms with Crippen LogP contribution in [-0.2, 0) is 14.3 Å². The van der Waals surface area contributed by atoms with Crippen LogP contribution in [0.15, 0.2) is 24.0 Å². The second kappa shape index (κ2) is 14.3. The summed E-state index contributed by atoms with van der Waals surface area (Å²) in [5.74, 6) is -4.28. The third kappa shape index (κ3) is 8.52. The first-order valence-corrected chi connectivity index (χ1v) is 13.3. The van der Waals surface area contributed by atoms with Gasteiger partial charge in [-0.2, -0.15) is 13.2 Å². The smallest absolute Gasteiger partial charge is 0.392 e. The molecule has 2 N–H and O–H groups in total. The molecule has 0 aromatic rings. The molecule has 2 aliphatic rings. The minimum absolute atomic E-state index is 0.00403. The number of allylic oxidation sites excluding steroid dienone is 3. The number of carboxylic acids is 1. The summed E-state index contributed by atoms with van der Waals surface area (Å²) >= 11 is 0. The molecular weight excluding hydrogens is 461 g/mol. The molecule has 5 nitrogen and oxygen atoms in total. The SMILES string of the molecule is CCC=CC[C@@H](C(=CCC(CCCC)C(F)(F)F)OC1CCCCO1)[C@](O)(C(=O)O)C1CCCC1. The van der Waals surface area contributed by atoms with Crippen molar-refractivity contribution in [1.29, 1.82) is 0 Å². The van der Waals surface area contributed by atoms with E-state index < -0.39 is 41.8 Å². The van der Waals surface area contributed by atoms with Crippen LogP contribution < -0.4 is 0 Å². The number of hydrogen-bond acceptors (Lipinski definition) is 4. The Morgan fingerprint density at radius 3 is 2.31 bits per heavy atom. The minimum atomic E-state index is -4.37. The first-order valence-electron chi connectivity index (χ1n) is 13.3. The largest absolute Gasteiger partial charge is 0.479 e. The molecule has 1 aliphatic heterocycles. The third-order valence-electron chi connectivity index (χ3n) is 7.35. The van der Waals surface area contributed by atoms with Gasteiger partial charge in [0, 0.05) is 6.42 Å². The molecule has 0 aromatic heterocycles. The first kappa shape index (κ1) is 29.7.